The SMILES string of the molecule is CCOC(=O)C(C)NC(=O)C=Cc1cc(Br)ccc1OC. The number of esters is 1. The Labute approximate surface area is 132 Å². The van der Waals surface area contributed by atoms with Crippen LogP contribution in [0.5, 0.6) is 5.75 Å². The van der Waals surface area contributed by atoms with Crippen LogP contribution in [0, 0.1) is 0 Å². The average Bonchev–Trinajstić information content (AvgIpc) is 2.45. The van der Waals surface area contributed by atoms with Gasteiger partial charge < -0.3 is 14.8 Å². The zero-order valence-electron chi connectivity index (χ0n) is 12.2. The maximum atomic E-state index is 11.8. The van der Waals surface area contributed by atoms with Crippen molar-refractivity contribution in [3.63, 3.8) is 0 Å². The Hall–Kier alpha value is -1.82. The third kappa shape index (κ3) is 5.59. The highest BCUT2D eigenvalue weighted by molar-refractivity contribution is 9.10. The van der Waals surface area contributed by atoms with Gasteiger partial charge in [-0.15, -0.1) is 0 Å². The molecule has 21 heavy (non-hydrogen) atoms. The van der Waals surface area contributed by atoms with Crippen LogP contribution in [0.2, 0.25) is 0 Å². The number of hydrogen-bond acceptors (Lipinski definition) is 4. The average molecular weight is 356 g/mol. The third-order valence-electron chi connectivity index (χ3n) is 2.60. The molecule has 0 heterocycles. The molecule has 1 unspecified atom stereocenters. The van der Waals surface area contributed by atoms with Gasteiger partial charge in [-0.3, -0.25) is 4.79 Å². The van der Waals surface area contributed by atoms with Gasteiger partial charge in [0.05, 0.1) is 13.7 Å². The number of carbonyl (C=O) groups is 2. The van der Waals surface area contributed by atoms with E-state index in [4.69, 9.17) is 9.47 Å². The van der Waals surface area contributed by atoms with Crippen LogP contribution in [-0.4, -0.2) is 31.6 Å². The Kier molecular flexibility index (Phi) is 6.94. The molecule has 0 saturated heterocycles. The number of amides is 1. The van der Waals surface area contributed by atoms with Crippen molar-refractivity contribution < 1.29 is 19.1 Å². The van der Waals surface area contributed by atoms with Gasteiger partial charge in [-0.25, -0.2) is 4.79 Å². The standard InChI is InChI=1S/C15H18BrNO4/c1-4-21-15(19)10(2)17-14(18)8-5-11-9-12(16)6-7-13(11)20-3/h5-10H,4H2,1-3H3,(H,17,18). The lowest BCUT2D eigenvalue weighted by Gasteiger charge is -2.11. The van der Waals surface area contributed by atoms with Crippen molar-refractivity contribution in [2.45, 2.75) is 19.9 Å². The van der Waals surface area contributed by atoms with Crippen LogP contribution in [-0.2, 0) is 14.3 Å². The highest BCUT2D eigenvalue weighted by Gasteiger charge is 2.14. The first-order valence-electron chi connectivity index (χ1n) is 6.46. The highest BCUT2D eigenvalue weighted by atomic mass is 79.9. The smallest absolute Gasteiger partial charge is 0.328 e. The van der Waals surface area contributed by atoms with E-state index in [0.29, 0.717) is 5.75 Å². The fourth-order valence-electron chi connectivity index (χ4n) is 1.59. The van der Waals surface area contributed by atoms with E-state index < -0.39 is 12.0 Å². The van der Waals surface area contributed by atoms with Gasteiger partial charge in [0.1, 0.15) is 11.8 Å². The van der Waals surface area contributed by atoms with E-state index in [9.17, 15) is 9.59 Å². The first-order valence-corrected chi connectivity index (χ1v) is 7.26. The van der Waals surface area contributed by atoms with Gasteiger partial charge >= 0.3 is 5.97 Å². The van der Waals surface area contributed by atoms with Crippen molar-refractivity contribution in [3.05, 3.63) is 34.3 Å². The molecule has 114 valence electrons. The van der Waals surface area contributed by atoms with Crippen molar-refractivity contribution >= 4 is 33.9 Å². The largest absolute Gasteiger partial charge is 0.496 e. The Morgan fingerprint density at radius 3 is 2.76 bits per heavy atom. The maximum Gasteiger partial charge on any atom is 0.328 e. The molecule has 5 nitrogen and oxygen atoms in total. The first kappa shape index (κ1) is 17.2. The van der Waals surface area contributed by atoms with Gasteiger partial charge in [-0.05, 0) is 38.1 Å². The molecule has 1 amide bonds. The van der Waals surface area contributed by atoms with Crippen LogP contribution in [0.3, 0.4) is 0 Å². The summed E-state index contributed by atoms with van der Waals surface area (Å²) in [5.74, 6) is -0.183. The van der Waals surface area contributed by atoms with Crippen molar-refractivity contribution in [2.75, 3.05) is 13.7 Å². The number of ether oxygens (including phenoxy) is 2. The van der Waals surface area contributed by atoms with Gasteiger partial charge in [-0.1, -0.05) is 15.9 Å². The minimum absolute atomic E-state index is 0.282. The van der Waals surface area contributed by atoms with Gasteiger partial charge in [0.25, 0.3) is 0 Å². The van der Waals surface area contributed by atoms with E-state index in [1.807, 2.05) is 12.1 Å². The van der Waals surface area contributed by atoms with Crippen LogP contribution in [0.25, 0.3) is 6.08 Å². The van der Waals surface area contributed by atoms with Crippen molar-refractivity contribution in [2.24, 2.45) is 0 Å². The molecule has 6 heteroatoms. The van der Waals surface area contributed by atoms with E-state index in [2.05, 4.69) is 21.2 Å². The molecule has 1 aromatic carbocycles. The summed E-state index contributed by atoms with van der Waals surface area (Å²) in [6.07, 6.45) is 2.97. The van der Waals surface area contributed by atoms with Crippen LogP contribution < -0.4 is 10.1 Å². The summed E-state index contributed by atoms with van der Waals surface area (Å²) >= 11 is 3.36. The number of halogens is 1. The zero-order valence-corrected chi connectivity index (χ0v) is 13.8. The molecule has 0 spiro atoms. The summed E-state index contributed by atoms with van der Waals surface area (Å²) in [7, 11) is 1.56. The molecule has 0 aliphatic rings. The summed E-state index contributed by atoms with van der Waals surface area (Å²) in [6.45, 7) is 3.57. The summed E-state index contributed by atoms with van der Waals surface area (Å²) < 4.78 is 10.9. The van der Waals surface area contributed by atoms with E-state index in [-0.39, 0.29) is 12.5 Å². The molecule has 1 aromatic rings. The number of nitrogens with one attached hydrogen (secondary N) is 1. The number of rotatable bonds is 6. The minimum Gasteiger partial charge on any atom is -0.496 e. The van der Waals surface area contributed by atoms with E-state index in [1.165, 1.54) is 6.08 Å². The number of hydrogen-bond donors (Lipinski definition) is 1. The predicted octanol–water partition coefficient (Wildman–Crippen LogP) is 2.54. The Morgan fingerprint density at radius 2 is 2.14 bits per heavy atom. The zero-order chi connectivity index (χ0) is 15.8. The minimum atomic E-state index is -0.688. The number of carbonyl (C=O) groups excluding carboxylic acids is 2. The second-order valence-electron chi connectivity index (χ2n) is 4.20. The molecule has 0 radical (unpaired) electrons. The summed E-state index contributed by atoms with van der Waals surface area (Å²) in [6, 6.07) is 4.78. The predicted molar refractivity (Wildman–Crippen MR) is 84.0 cm³/mol. The van der Waals surface area contributed by atoms with Crippen molar-refractivity contribution in [1.82, 2.24) is 5.32 Å². The molecule has 0 fully saturated rings. The Balaban J connectivity index is 2.70. The van der Waals surface area contributed by atoms with Crippen LogP contribution in [0.1, 0.15) is 19.4 Å². The fraction of sp³-hybridized carbons (Fsp3) is 0.333. The summed E-state index contributed by atoms with van der Waals surface area (Å²) in [4.78, 5) is 23.2. The van der Waals surface area contributed by atoms with E-state index in [1.54, 1.807) is 33.1 Å². The van der Waals surface area contributed by atoms with Gasteiger partial charge in [0.2, 0.25) is 5.91 Å². The lowest BCUT2D eigenvalue weighted by Crippen LogP contribution is -2.38. The third-order valence-corrected chi connectivity index (χ3v) is 3.10. The van der Waals surface area contributed by atoms with Gasteiger partial charge in [0, 0.05) is 16.1 Å². The number of benzene rings is 1. The monoisotopic (exact) mass is 355 g/mol. The quantitative estimate of drug-likeness (QED) is 0.629. The Bertz CT molecular complexity index is 542. The van der Waals surface area contributed by atoms with Gasteiger partial charge in [0.15, 0.2) is 0 Å². The highest BCUT2D eigenvalue weighted by Crippen LogP contribution is 2.23. The molecule has 1 rings (SSSR count). The van der Waals surface area contributed by atoms with Crippen LogP contribution in [0.4, 0.5) is 0 Å². The van der Waals surface area contributed by atoms with E-state index >= 15 is 0 Å². The molecule has 1 N–H and O–H groups in total. The maximum absolute atomic E-state index is 11.8. The first-order chi connectivity index (χ1) is 9.97. The molecule has 0 aliphatic heterocycles. The Morgan fingerprint density at radius 1 is 1.43 bits per heavy atom. The molecule has 0 bridgehead atoms. The molecule has 0 saturated carbocycles. The lowest BCUT2D eigenvalue weighted by atomic mass is 10.2. The van der Waals surface area contributed by atoms with Gasteiger partial charge in [-0.2, -0.15) is 0 Å². The van der Waals surface area contributed by atoms with Crippen molar-refractivity contribution in [1.29, 1.82) is 0 Å². The summed E-state index contributed by atoms with van der Waals surface area (Å²) in [5.41, 5.74) is 0.755. The molecule has 0 aromatic heterocycles. The normalized spacial score (nSPS) is 12.0. The molecule has 0 aliphatic carbocycles. The summed E-state index contributed by atoms with van der Waals surface area (Å²) in [5, 5.41) is 2.53. The number of methoxy groups -OCH3 is 1. The fourth-order valence-corrected chi connectivity index (χ4v) is 1.97. The molecule has 1 atom stereocenters. The van der Waals surface area contributed by atoms with Crippen LogP contribution in [0.15, 0.2) is 28.7 Å². The van der Waals surface area contributed by atoms with E-state index in [0.717, 1.165) is 10.0 Å². The second-order valence-corrected chi connectivity index (χ2v) is 5.12. The second kappa shape index (κ2) is 8.46. The molecular formula is C15H18BrNO4. The van der Waals surface area contributed by atoms with Crippen LogP contribution >= 0.6 is 15.9 Å². The lowest BCUT2D eigenvalue weighted by molar-refractivity contribution is -0.146. The van der Waals surface area contributed by atoms with Crippen molar-refractivity contribution in [3.8, 4) is 5.75 Å². The molecular weight excluding hydrogens is 338 g/mol. The topological polar surface area (TPSA) is 64.6 Å².